The number of rotatable bonds is 3. The highest BCUT2D eigenvalue weighted by Crippen LogP contribution is 2.32. The summed E-state index contributed by atoms with van der Waals surface area (Å²) in [5.41, 5.74) is 0.334. The fourth-order valence-electron chi connectivity index (χ4n) is 2.58. The Morgan fingerprint density at radius 3 is 2.79 bits per heavy atom. The normalized spacial score (nSPS) is 14.1. The van der Waals surface area contributed by atoms with Crippen molar-refractivity contribution in [2.45, 2.75) is 12.8 Å². The molecular weight excluding hydrogens is 335 g/mol. The Labute approximate surface area is 142 Å². The van der Waals surface area contributed by atoms with Crippen LogP contribution in [0, 0.1) is 5.82 Å². The second-order valence-corrected chi connectivity index (χ2v) is 5.81. The molecular formula is C17H14ClFN2O3. The lowest BCUT2D eigenvalue weighted by molar-refractivity contribution is -0.117. The smallest absolute Gasteiger partial charge is 0.258 e. The second-order valence-electron chi connectivity index (χ2n) is 5.40. The van der Waals surface area contributed by atoms with Gasteiger partial charge in [0.25, 0.3) is 5.91 Å². The van der Waals surface area contributed by atoms with Crippen LogP contribution in [-0.4, -0.2) is 23.5 Å². The molecule has 1 heterocycles. The van der Waals surface area contributed by atoms with Gasteiger partial charge in [0, 0.05) is 18.7 Å². The minimum absolute atomic E-state index is 0.0551. The Hall–Kier alpha value is -2.60. The maximum atomic E-state index is 14.0. The van der Waals surface area contributed by atoms with Crippen LogP contribution < -0.4 is 10.2 Å². The van der Waals surface area contributed by atoms with Gasteiger partial charge in [0.2, 0.25) is 5.91 Å². The van der Waals surface area contributed by atoms with E-state index in [0.29, 0.717) is 18.7 Å². The van der Waals surface area contributed by atoms with Gasteiger partial charge in [-0.25, -0.2) is 4.39 Å². The second kappa shape index (κ2) is 6.49. The molecule has 1 aliphatic rings. The summed E-state index contributed by atoms with van der Waals surface area (Å²) in [6.45, 7) is 0.542. The molecule has 2 aromatic carbocycles. The Morgan fingerprint density at radius 2 is 2.08 bits per heavy atom. The summed E-state index contributed by atoms with van der Waals surface area (Å²) in [6, 6.07) is 8.40. The molecule has 7 heteroatoms. The van der Waals surface area contributed by atoms with Gasteiger partial charge >= 0.3 is 0 Å². The number of hydrogen-bond donors (Lipinski definition) is 2. The molecule has 0 spiro atoms. The number of para-hydroxylation sites is 1. The molecule has 0 radical (unpaired) electrons. The van der Waals surface area contributed by atoms with Crippen molar-refractivity contribution in [2.24, 2.45) is 0 Å². The first kappa shape index (κ1) is 16.3. The van der Waals surface area contributed by atoms with Gasteiger partial charge in [-0.2, -0.15) is 0 Å². The van der Waals surface area contributed by atoms with Crippen molar-refractivity contribution < 1.29 is 19.1 Å². The molecule has 3 rings (SSSR count). The summed E-state index contributed by atoms with van der Waals surface area (Å²) in [5.74, 6) is -1.80. The third-order valence-corrected chi connectivity index (χ3v) is 4.12. The minimum atomic E-state index is -0.737. The average molecular weight is 349 g/mol. The van der Waals surface area contributed by atoms with Gasteiger partial charge in [0.1, 0.15) is 5.82 Å². The standard InChI is InChI=1S/C17H14ClFN2O3/c18-12-3-1-4-14(16(12)23)20-17(24)11-9-10(6-7-13(11)19)21-8-2-5-15(21)22/h1,3-4,6-7,9,23H,2,5,8H2,(H,20,24). The molecule has 0 unspecified atom stereocenters. The lowest BCUT2D eigenvalue weighted by Crippen LogP contribution is -2.24. The number of nitrogens with one attached hydrogen (secondary N) is 1. The molecule has 24 heavy (non-hydrogen) atoms. The van der Waals surface area contributed by atoms with Gasteiger partial charge in [-0.3, -0.25) is 9.59 Å². The van der Waals surface area contributed by atoms with E-state index in [1.165, 1.54) is 29.2 Å². The zero-order valence-corrected chi connectivity index (χ0v) is 13.3. The topological polar surface area (TPSA) is 69.6 Å². The van der Waals surface area contributed by atoms with Crippen LogP contribution in [0.2, 0.25) is 5.02 Å². The summed E-state index contributed by atoms with van der Waals surface area (Å²) in [5, 5.41) is 12.3. The Balaban J connectivity index is 1.89. The quantitative estimate of drug-likeness (QED) is 0.833. The number of phenolic OH excluding ortho intramolecular Hbond substituents is 1. The van der Waals surface area contributed by atoms with E-state index in [1.54, 1.807) is 6.07 Å². The first-order valence-electron chi connectivity index (χ1n) is 7.36. The summed E-state index contributed by atoms with van der Waals surface area (Å²) >= 11 is 5.78. The zero-order chi connectivity index (χ0) is 17.3. The number of hydrogen-bond acceptors (Lipinski definition) is 3. The van der Waals surface area contributed by atoms with Crippen LogP contribution in [0.3, 0.4) is 0 Å². The lowest BCUT2D eigenvalue weighted by atomic mass is 10.1. The maximum Gasteiger partial charge on any atom is 0.258 e. The molecule has 0 bridgehead atoms. The predicted octanol–water partition coefficient (Wildman–Crippen LogP) is 3.56. The molecule has 1 aliphatic heterocycles. The SMILES string of the molecule is O=C(Nc1cccc(Cl)c1O)c1cc(N2CCCC2=O)ccc1F. The molecule has 124 valence electrons. The van der Waals surface area contributed by atoms with Crippen molar-refractivity contribution in [1.29, 1.82) is 0 Å². The van der Waals surface area contributed by atoms with Gasteiger partial charge in [-0.05, 0) is 36.8 Å². The van der Waals surface area contributed by atoms with E-state index in [1.807, 2.05) is 0 Å². The Morgan fingerprint density at radius 1 is 1.29 bits per heavy atom. The highest BCUT2D eigenvalue weighted by molar-refractivity contribution is 6.32. The number of amides is 2. The Bertz CT molecular complexity index is 825. The first-order valence-corrected chi connectivity index (χ1v) is 7.74. The van der Waals surface area contributed by atoms with E-state index < -0.39 is 11.7 Å². The van der Waals surface area contributed by atoms with Crippen LogP contribution in [-0.2, 0) is 4.79 Å². The summed E-state index contributed by atoms with van der Waals surface area (Å²) in [7, 11) is 0. The highest BCUT2D eigenvalue weighted by atomic mass is 35.5. The summed E-state index contributed by atoms with van der Waals surface area (Å²) in [4.78, 5) is 25.7. The average Bonchev–Trinajstić information content (AvgIpc) is 2.98. The molecule has 2 N–H and O–H groups in total. The molecule has 2 amide bonds. The van der Waals surface area contributed by atoms with E-state index in [4.69, 9.17) is 11.6 Å². The van der Waals surface area contributed by atoms with Crippen molar-refractivity contribution >= 4 is 34.8 Å². The molecule has 5 nitrogen and oxygen atoms in total. The summed E-state index contributed by atoms with van der Waals surface area (Å²) < 4.78 is 14.0. The molecule has 1 saturated heterocycles. The van der Waals surface area contributed by atoms with Crippen molar-refractivity contribution in [3.63, 3.8) is 0 Å². The number of benzene rings is 2. The summed E-state index contributed by atoms with van der Waals surface area (Å²) in [6.07, 6.45) is 1.17. The number of nitrogens with zero attached hydrogens (tertiary/aromatic N) is 1. The predicted molar refractivity (Wildman–Crippen MR) is 89.1 cm³/mol. The van der Waals surface area contributed by atoms with Crippen LogP contribution in [0.4, 0.5) is 15.8 Å². The van der Waals surface area contributed by atoms with Crippen LogP contribution in [0.1, 0.15) is 23.2 Å². The van der Waals surface area contributed by atoms with Crippen LogP contribution in [0.15, 0.2) is 36.4 Å². The number of carbonyl (C=O) groups excluding carboxylic acids is 2. The van der Waals surface area contributed by atoms with Crippen LogP contribution >= 0.6 is 11.6 Å². The first-order chi connectivity index (χ1) is 11.5. The van der Waals surface area contributed by atoms with Crippen molar-refractivity contribution in [3.05, 3.63) is 52.8 Å². The van der Waals surface area contributed by atoms with Gasteiger partial charge in [-0.1, -0.05) is 17.7 Å². The Kier molecular flexibility index (Phi) is 4.40. The maximum absolute atomic E-state index is 14.0. The lowest BCUT2D eigenvalue weighted by Gasteiger charge is -2.17. The zero-order valence-electron chi connectivity index (χ0n) is 12.6. The van der Waals surface area contributed by atoms with E-state index in [0.717, 1.165) is 12.5 Å². The van der Waals surface area contributed by atoms with Crippen molar-refractivity contribution in [1.82, 2.24) is 0 Å². The molecule has 0 aliphatic carbocycles. The molecule has 0 saturated carbocycles. The largest absolute Gasteiger partial charge is 0.504 e. The fraction of sp³-hybridized carbons (Fsp3) is 0.176. The number of anilines is 2. The number of phenols is 1. The minimum Gasteiger partial charge on any atom is -0.504 e. The van der Waals surface area contributed by atoms with Crippen LogP contribution in [0.5, 0.6) is 5.75 Å². The number of aromatic hydroxyl groups is 1. The van der Waals surface area contributed by atoms with Gasteiger partial charge in [-0.15, -0.1) is 0 Å². The van der Waals surface area contributed by atoms with Crippen molar-refractivity contribution in [3.8, 4) is 5.75 Å². The van der Waals surface area contributed by atoms with Crippen molar-refractivity contribution in [2.75, 3.05) is 16.8 Å². The van der Waals surface area contributed by atoms with E-state index >= 15 is 0 Å². The van der Waals surface area contributed by atoms with Gasteiger partial charge < -0.3 is 15.3 Å². The molecule has 0 atom stereocenters. The van der Waals surface area contributed by atoms with Crippen LogP contribution in [0.25, 0.3) is 0 Å². The third-order valence-electron chi connectivity index (χ3n) is 3.81. The monoisotopic (exact) mass is 348 g/mol. The molecule has 2 aromatic rings. The highest BCUT2D eigenvalue weighted by Gasteiger charge is 2.24. The third kappa shape index (κ3) is 3.05. The molecule has 0 aromatic heterocycles. The van der Waals surface area contributed by atoms with Gasteiger partial charge in [0.05, 0.1) is 16.3 Å². The fourth-order valence-corrected chi connectivity index (χ4v) is 2.76. The number of carbonyl (C=O) groups is 2. The van der Waals surface area contributed by atoms with Gasteiger partial charge in [0.15, 0.2) is 5.75 Å². The number of halogens is 2. The molecule has 1 fully saturated rings. The van der Waals surface area contributed by atoms with E-state index in [2.05, 4.69) is 5.32 Å². The van der Waals surface area contributed by atoms with E-state index in [-0.39, 0.29) is 27.9 Å². The van der Waals surface area contributed by atoms with E-state index in [9.17, 15) is 19.1 Å².